The molecule has 0 spiro atoms. The van der Waals surface area contributed by atoms with Crippen LogP contribution in [0.1, 0.15) is 305 Å². The van der Waals surface area contributed by atoms with Gasteiger partial charge in [-0.3, -0.25) is 14.4 Å². The number of ether oxygens (including phenoxy) is 3. The van der Waals surface area contributed by atoms with Crippen molar-refractivity contribution in [2.24, 2.45) is 17.8 Å². The number of esters is 3. The molecule has 0 aromatic carbocycles. The first-order valence-electron chi connectivity index (χ1n) is 27.6. The van der Waals surface area contributed by atoms with Crippen LogP contribution in [0.2, 0.25) is 0 Å². The molecule has 0 bridgehead atoms. The second-order valence-corrected chi connectivity index (χ2v) is 20.4. The van der Waals surface area contributed by atoms with Gasteiger partial charge < -0.3 is 14.2 Å². The zero-order valence-corrected chi connectivity index (χ0v) is 42.7. The number of carbonyl (C=O) groups excluding carboxylic acids is 3. The molecule has 0 saturated heterocycles. The second kappa shape index (κ2) is 47.4. The van der Waals surface area contributed by atoms with Crippen LogP contribution in [0.5, 0.6) is 0 Å². The largest absolute Gasteiger partial charge is 0.462 e. The lowest BCUT2D eigenvalue weighted by Crippen LogP contribution is -2.30. The van der Waals surface area contributed by atoms with E-state index in [1.165, 1.54) is 186 Å². The summed E-state index contributed by atoms with van der Waals surface area (Å²) in [5.74, 6) is 1.65. The molecule has 0 aliphatic rings. The van der Waals surface area contributed by atoms with Crippen molar-refractivity contribution in [1.29, 1.82) is 0 Å². The Labute approximate surface area is 387 Å². The van der Waals surface area contributed by atoms with Crippen LogP contribution >= 0.6 is 0 Å². The Bertz CT molecular complexity index is 962. The van der Waals surface area contributed by atoms with Crippen molar-refractivity contribution in [1.82, 2.24) is 0 Å². The number of hydrogen-bond acceptors (Lipinski definition) is 6. The van der Waals surface area contributed by atoms with Gasteiger partial charge in [0.2, 0.25) is 0 Å². The predicted octanol–water partition coefficient (Wildman–Crippen LogP) is 17.9. The zero-order valence-electron chi connectivity index (χ0n) is 42.7. The fraction of sp³-hybridized carbons (Fsp3) is 0.946. The highest BCUT2D eigenvalue weighted by Gasteiger charge is 2.19. The number of hydrogen-bond donors (Lipinski definition) is 0. The van der Waals surface area contributed by atoms with Gasteiger partial charge in [0.05, 0.1) is 0 Å². The molecule has 62 heavy (non-hydrogen) atoms. The molecule has 0 N–H and O–H groups in total. The van der Waals surface area contributed by atoms with Crippen LogP contribution in [0.15, 0.2) is 0 Å². The lowest BCUT2D eigenvalue weighted by molar-refractivity contribution is -0.167. The minimum Gasteiger partial charge on any atom is -0.462 e. The molecule has 0 aromatic rings. The highest BCUT2D eigenvalue weighted by atomic mass is 16.6. The van der Waals surface area contributed by atoms with E-state index in [9.17, 15) is 14.4 Å². The summed E-state index contributed by atoms with van der Waals surface area (Å²) in [7, 11) is 0. The maximum Gasteiger partial charge on any atom is 0.306 e. The first-order valence-corrected chi connectivity index (χ1v) is 27.6. The first kappa shape index (κ1) is 60.4. The molecule has 0 fully saturated rings. The smallest absolute Gasteiger partial charge is 0.306 e. The first-order chi connectivity index (χ1) is 30.1. The Balaban J connectivity index is 4.23. The molecular weight excluding hydrogens is 769 g/mol. The maximum absolute atomic E-state index is 12.8. The van der Waals surface area contributed by atoms with Crippen molar-refractivity contribution in [3.63, 3.8) is 0 Å². The van der Waals surface area contributed by atoms with Crippen molar-refractivity contribution < 1.29 is 28.6 Å². The standard InChI is InChI=1S/C56H108O6/c1-7-52(6)44-38-32-28-29-35-41-47-56(59)62-53(49-61-55(58)46-40-34-27-23-19-15-14-17-21-25-31-37-43-51(4)5)48-60-54(57)45-39-33-26-22-18-13-11-9-8-10-12-16-20-24-30-36-42-50(2)3/h50-53H,7-49H2,1-6H3/t52?,53-/m0/s1. The summed E-state index contributed by atoms with van der Waals surface area (Å²) in [4.78, 5) is 38.0. The van der Waals surface area contributed by atoms with Crippen LogP contribution in [0.4, 0.5) is 0 Å². The predicted molar refractivity (Wildman–Crippen MR) is 266 cm³/mol. The van der Waals surface area contributed by atoms with E-state index in [1.807, 2.05) is 0 Å². The van der Waals surface area contributed by atoms with E-state index in [-0.39, 0.29) is 31.1 Å². The number of carbonyl (C=O) groups is 3. The molecule has 0 saturated carbocycles. The second-order valence-electron chi connectivity index (χ2n) is 20.4. The SMILES string of the molecule is CCC(C)CCCCCCCCC(=O)O[C@@H](COC(=O)CCCCCCCCCCCCCCCCCCC(C)C)COC(=O)CCCCCCCCCCCCCCC(C)C. The van der Waals surface area contributed by atoms with Crippen LogP contribution in [0.25, 0.3) is 0 Å². The lowest BCUT2D eigenvalue weighted by atomic mass is 10.00. The van der Waals surface area contributed by atoms with Crippen LogP contribution < -0.4 is 0 Å². The third kappa shape index (κ3) is 47.9. The van der Waals surface area contributed by atoms with Crippen molar-refractivity contribution in [2.75, 3.05) is 13.2 Å². The summed E-state index contributed by atoms with van der Waals surface area (Å²) < 4.78 is 16.8. The Morgan fingerprint density at radius 1 is 0.323 bits per heavy atom. The van der Waals surface area contributed by atoms with Gasteiger partial charge in [0.1, 0.15) is 13.2 Å². The fourth-order valence-corrected chi connectivity index (χ4v) is 8.44. The molecule has 0 amide bonds. The highest BCUT2D eigenvalue weighted by molar-refractivity contribution is 5.71. The third-order valence-electron chi connectivity index (χ3n) is 13.0. The summed E-state index contributed by atoms with van der Waals surface area (Å²) in [5.41, 5.74) is 0. The van der Waals surface area contributed by atoms with E-state index in [1.54, 1.807) is 0 Å². The van der Waals surface area contributed by atoms with Crippen LogP contribution in [0.3, 0.4) is 0 Å². The molecule has 0 heterocycles. The number of unbranched alkanes of at least 4 members (excludes halogenated alkanes) is 31. The zero-order chi connectivity index (χ0) is 45.6. The molecule has 0 aliphatic carbocycles. The average Bonchev–Trinajstić information content (AvgIpc) is 3.24. The van der Waals surface area contributed by atoms with Crippen LogP contribution in [-0.2, 0) is 28.6 Å². The van der Waals surface area contributed by atoms with Crippen molar-refractivity contribution in [2.45, 2.75) is 311 Å². The van der Waals surface area contributed by atoms with Gasteiger partial charge in [0, 0.05) is 19.3 Å². The Morgan fingerprint density at radius 3 is 0.839 bits per heavy atom. The molecule has 0 aromatic heterocycles. The molecule has 0 radical (unpaired) electrons. The van der Waals surface area contributed by atoms with Gasteiger partial charge in [0.15, 0.2) is 6.10 Å². The molecular formula is C56H108O6. The topological polar surface area (TPSA) is 78.9 Å². The van der Waals surface area contributed by atoms with Gasteiger partial charge in [-0.05, 0) is 37.0 Å². The minimum absolute atomic E-state index is 0.0649. The summed E-state index contributed by atoms with van der Waals surface area (Å²) in [5, 5.41) is 0. The van der Waals surface area contributed by atoms with E-state index in [0.29, 0.717) is 19.3 Å². The summed E-state index contributed by atoms with van der Waals surface area (Å²) in [6.45, 7) is 13.7. The van der Waals surface area contributed by atoms with E-state index in [2.05, 4.69) is 41.5 Å². The summed E-state index contributed by atoms with van der Waals surface area (Å²) >= 11 is 0. The van der Waals surface area contributed by atoms with Gasteiger partial charge in [-0.15, -0.1) is 0 Å². The molecule has 6 heteroatoms. The maximum atomic E-state index is 12.8. The Morgan fingerprint density at radius 2 is 0.565 bits per heavy atom. The highest BCUT2D eigenvalue weighted by Crippen LogP contribution is 2.18. The van der Waals surface area contributed by atoms with Crippen molar-refractivity contribution >= 4 is 17.9 Å². The van der Waals surface area contributed by atoms with Crippen molar-refractivity contribution in [3.05, 3.63) is 0 Å². The summed E-state index contributed by atoms with van der Waals surface area (Å²) in [6.07, 6.45) is 48.1. The lowest BCUT2D eigenvalue weighted by Gasteiger charge is -2.18. The van der Waals surface area contributed by atoms with E-state index in [0.717, 1.165) is 75.5 Å². The third-order valence-corrected chi connectivity index (χ3v) is 13.0. The Kier molecular flexibility index (Phi) is 46.2. The molecule has 6 nitrogen and oxygen atoms in total. The van der Waals surface area contributed by atoms with Gasteiger partial charge in [0.25, 0.3) is 0 Å². The van der Waals surface area contributed by atoms with E-state index < -0.39 is 6.10 Å². The van der Waals surface area contributed by atoms with Gasteiger partial charge in [-0.1, -0.05) is 266 Å². The molecule has 2 atom stereocenters. The van der Waals surface area contributed by atoms with E-state index in [4.69, 9.17) is 14.2 Å². The van der Waals surface area contributed by atoms with Gasteiger partial charge >= 0.3 is 17.9 Å². The molecule has 1 unspecified atom stereocenters. The van der Waals surface area contributed by atoms with Crippen molar-refractivity contribution in [3.8, 4) is 0 Å². The van der Waals surface area contributed by atoms with Gasteiger partial charge in [-0.25, -0.2) is 0 Å². The van der Waals surface area contributed by atoms with Crippen LogP contribution in [-0.4, -0.2) is 37.2 Å². The van der Waals surface area contributed by atoms with Crippen LogP contribution in [0, 0.1) is 17.8 Å². The number of rotatable bonds is 49. The Hall–Kier alpha value is -1.59. The fourth-order valence-electron chi connectivity index (χ4n) is 8.44. The average molecular weight is 877 g/mol. The molecule has 0 aliphatic heterocycles. The minimum atomic E-state index is -0.764. The monoisotopic (exact) mass is 877 g/mol. The normalized spacial score (nSPS) is 12.6. The van der Waals surface area contributed by atoms with E-state index >= 15 is 0 Å². The quantitative estimate of drug-likeness (QED) is 0.0344. The summed E-state index contributed by atoms with van der Waals surface area (Å²) in [6, 6.07) is 0. The molecule has 368 valence electrons. The molecule has 0 rings (SSSR count). The van der Waals surface area contributed by atoms with Gasteiger partial charge in [-0.2, -0.15) is 0 Å².